The highest BCUT2D eigenvalue weighted by Gasteiger charge is 2.14. The molecule has 23 heavy (non-hydrogen) atoms. The van der Waals surface area contributed by atoms with Gasteiger partial charge in [-0.05, 0) is 43.5 Å². The Morgan fingerprint density at radius 2 is 1.83 bits per heavy atom. The largest absolute Gasteiger partial charge is 0.453 e. The average molecular weight is 319 g/mol. The van der Waals surface area contributed by atoms with Gasteiger partial charge in [0.05, 0.1) is 7.11 Å². The fourth-order valence-electron chi connectivity index (χ4n) is 2.81. The monoisotopic (exact) mass is 319 g/mol. The second-order valence-corrected chi connectivity index (χ2v) is 5.65. The zero-order valence-corrected chi connectivity index (χ0v) is 13.9. The second-order valence-electron chi connectivity index (χ2n) is 5.65. The first-order valence-corrected chi connectivity index (χ1v) is 8.07. The highest BCUT2D eigenvalue weighted by atomic mass is 16.5. The van der Waals surface area contributed by atoms with E-state index < -0.39 is 6.09 Å². The summed E-state index contributed by atoms with van der Waals surface area (Å²) in [5, 5.41) is 2.59. The number of piperidine rings is 1. The van der Waals surface area contributed by atoms with Crippen LogP contribution in [0.2, 0.25) is 0 Å². The molecule has 0 spiro atoms. The number of ether oxygens (including phenoxy) is 1. The topological polar surface area (TPSA) is 61.9 Å². The minimum atomic E-state index is -0.492. The smallest absolute Gasteiger partial charge is 0.406 e. The Hall–Kier alpha value is -2.24. The van der Waals surface area contributed by atoms with Gasteiger partial charge in [0.2, 0.25) is 5.91 Å². The molecule has 1 aliphatic heterocycles. The molecule has 6 heteroatoms. The van der Waals surface area contributed by atoms with Crippen LogP contribution in [0.5, 0.6) is 0 Å². The Kier molecular flexibility index (Phi) is 6.26. The first-order chi connectivity index (χ1) is 11.1. The highest BCUT2D eigenvalue weighted by Crippen LogP contribution is 2.23. The van der Waals surface area contributed by atoms with Crippen LogP contribution in [-0.4, -0.2) is 45.3 Å². The van der Waals surface area contributed by atoms with Crippen molar-refractivity contribution in [2.24, 2.45) is 0 Å². The molecule has 1 saturated heterocycles. The van der Waals surface area contributed by atoms with Crippen LogP contribution in [0.25, 0.3) is 0 Å². The quantitative estimate of drug-likeness (QED) is 0.905. The van der Waals surface area contributed by atoms with Gasteiger partial charge in [-0.25, -0.2) is 4.79 Å². The number of carbonyl (C=O) groups excluding carboxylic acids is 2. The third-order valence-corrected chi connectivity index (χ3v) is 4.05. The van der Waals surface area contributed by atoms with Gasteiger partial charge in [0.1, 0.15) is 0 Å². The molecule has 0 radical (unpaired) electrons. The number of carbonyl (C=O) groups is 2. The van der Waals surface area contributed by atoms with Crippen LogP contribution in [0.3, 0.4) is 0 Å². The number of hydrogen-bond donors (Lipinski definition) is 1. The van der Waals surface area contributed by atoms with Crippen LogP contribution < -0.4 is 15.1 Å². The van der Waals surface area contributed by atoms with E-state index in [0.29, 0.717) is 13.1 Å². The van der Waals surface area contributed by atoms with Gasteiger partial charge >= 0.3 is 6.09 Å². The van der Waals surface area contributed by atoms with Crippen molar-refractivity contribution in [3.05, 3.63) is 24.3 Å². The minimum Gasteiger partial charge on any atom is -0.453 e. The highest BCUT2D eigenvalue weighted by molar-refractivity contribution is 5.91. The van der Waals surface area contributed by atoms with Gasteiger partial charge in [-0.1, -0.05) is 0 Å². The van der Waals surface area contributed by atoms with Gasteiger partial charge in [-0.3, -0.25) is 4.79 Å². The normalized spacial score (nSPS) is 14.3. The van der Waals surface area contributed by atoms with E-state index in [-0.39, 0.29) is 5.91 Å². The van der Waals surface area contributed by atoms with Gasteiger partial charge in [0, 0.05) is 44.5 Å². The van der Waals surface area contributed by atoms with E-state index in [9.17, 15) is 9.59 Å². The molecule has 1 aliphatic rings. The predicted octanol–water partition coefficient (Wildman–Crippen LogP) is 2.39. The van der Waals surface area contributed by atoms with E-state index in [1.54, 1.807) is 4.90 Å². The van der Waals surface area contributed by atoms with Gasteiger partial charge in [0.15, 0.2) is 0 Å². The van der Waals surface area contributed by atoms with Gasteiger partial charge in [0.25, 0.3) is 0 Å². The summed E-state index contributed by atoms with van der Waals surface area (Å²) >= 11 is 0. The molecule has 1 aromatic carbocycles. The standard InChI is InChI=1S/C17H25N3O3/c1-14(21)20(13-10-18-17(22)23-2)16-8-6-15(7-9-16)19-11-4-3-5-12-19/h6-9H,3-5,10-13H2,1-2H3,(H,18,22). The molecule has 0 aliphatic carbocycles. The SMILES string of the molecule is COC(=O)NCCN(C(C)=O)c1ccc(N2CCCCC2)cc1. The molecule has 2 rings (SSSR count). The van der Waals surface area contributed by atoms with E-state index in [4.69, 9.17) is 0 Å². The van der Waals surface area contributed by atoms with Crippen molar-refractivity contribution in [3.8, 4) is 0 Å². The Bertz CT molecular complexity index is 524. The molecule has 0 saturated carbocycles. The van der Waals surface area contributed by atoms with Crippen LogP contribution in [0.1, 0.15) is 26.2 Å². The first-order valence-electron chi connectivity index (χ1n) is 8.07. The molecular formula is C17H25N3O3. The Morgan fingerprint density at radius 3 is 2.39 bits per heavy atom. The summed E-state index contributed by atoms with van der Waals surface area (Å²) in [4.78, 5) is 27.0. The molecule has 0 aromatic heterocycles. The van der Waals surface area contributed by atoms with Crippen LogP contribution in [0.4, 0.5) is 16.2 Å². The third-order valence-electron chi connectivity index (χ3n) is 4.05. The number of methoxy groups -OCH3 is 1. The Labute approximate surface area is 137 Å². The third kappa shape index (κ3) is 4.87. The number of rotatable bonds is 5. The predicted molar refractivity (Wildman–Crippen MR) is 90.9 cm³/mol. The number of amides is 2. The van der Waals surface area contributed by atoms with Crippen LogP contribution in [0.15, 0.2) is 24.3 Å². The Balaban J connectivity index is 1.98. The van der Waals surface area contributed by atoms with Crippen LogP contribution in [-0.2, 0) is 9.53 Å². The van der Waals surface area contributed by atoms with Crippen molar-refractivity contribution in [1.29, 1.82) is 0 Å². The molecular weight excluding hydrogens is 294 g/mol. The van der Waals surface area contributed by atoms with Gasteiger partial charge in [-0.2, -0.15) is 0 Å². The Morgan fingerprint density at radius 1 is 1.17 bits per heavy atom. The van der Waals surface area contributed by atoms with Crippen molar-refractivity contribution in [1.82, 2.24) is 5.32 Å². The maximum Gasteiger partial charge on any atom is 0.406 e. The summed E-state index contributed by atoms with van der Waals surface area (Å²) in [6.45, 7) is 4.47. The van der Waals surface area contributed by atoms with Crippen molar-refractivity contribution >= 4 is 23.4 Å². The van der Waals surface area contributed by atoms with E-state index in [2.05, 4.69) is 27.1 Å². The summed E-state index contributed by atoms with van der Waals surface area (Å²) in [6.07, 6.45) is 3.29. The average Bonchev–Trinajstić information content (AvgIpc) is 2.59. The zero-order chi connectivity index (χ0) is 16.7. The molecule has 1 N–H and O–H groups in total. The number of nitrogens with one attached hydrogen (secondary N) is 1. The number of benzene rings is 1. The van der Waals surface area contributed by atoms with E-state index >= 15 is 0 Å². The molecule has 1 fully saturated rings. The number of hydrogen-bond acceptors (Lipinski definition) is 4. The molecule has 0 unspecified atom stereocenters. The summed E-state index contributed by atoms with van der Waals surface area (Å²) in [6, 6.07) is 8.04. The zero-order valence-electron chi connectivity index (χ0n) is 13.9. The lowest BCUT2D eigenvalue weighted by molar-refractivity contribution is -0.116. The first kappa shape index (κ1) is 17.1. The fourth-order valence-corrected chi connectivity index (χ4v) is 2.81. The van der Waals surface area contributed by atoms with Crippen LogP contribution in [0, 0.1) is 0 Å². The van der Waals surface area contributed by atoms with E-state index in [0.717, 1.165) is 18.8 Å². The molecule has 1 heterocycles. The number of alkyl carbamates (subject to hydrolysis) is 1. The summed E-state index contributed by atoms with van der Waals surface area (Å²) in [7, 11) is 1.32. The number of nitrogens with zero attached hydrogens (tertiary/aromatic N) is 2. The molecule has 126 valence electrons. The summed E-state index contributed by atoms with van der Waals surface area (Å²) in [5.41, 5.74) is 2.04. The van der Waals surface area contributed by atoms with Crippen molar-refractivity contribution in [2.75, 3.05) is 43.1 Å². The summed E-state index contributed by atoms with van der Waals surface area (Å²) < 4.78 is 4.52. The fraction of sp³-hybridized carbons (Fsp3) is 0.529. The molecule has 0 atom stereocenters. The van der Waals surface area contributed by atoms with Gasteiger partial charge < -0.3 is 19.9 Å². The second kappa shape index (κ2) is 8.41. The van der Waals surface area contributed by atoms with E-state index in [1.807, 2.05) is 12.1 Å². The van der Waals surface area contributed by atoms with Crippen molar-refractivity contribution < 1.29 is 14.3 Å². The van der Waals surface area contributed by atoms with E-state index in [1.165, 1.54) is 39.0 Å². The lowest BCUT2D eigenvalue weighted by atomic mass is 10.1. The summed E-state index contributed by atoms with van der Waals surface area (Å²) in [5.74, 6) is -0.0533. The van der Waals surface area contributed by atoms with Crippen molar-refractivity contribution in [3.63, 3.8) is 0 Å². The molecule has 2 amide bonds. The number of anilines is 2. The van der Waals surface area contributed by atoms with Crippen LogP contribution >= 0.6 is 0 Å². The lowest BCUT2D eigenvalue weighted by Gasteiger charge is -2.29. The van der Waals surface area contributed by atoms with Gasteiger partial charge in [-0.15, -0.1) is 0 Å². The lowest BCUT2D eigenvalue weighted by Crippen LogP contribution is -2.37. The maximum absolute atomic E-state index is 11.8. The molecule has 0 bridgehead atoms. The van der Waals surface area contributed by atoms with Crippen molar-refractivity contribution in [2.45, 2.75) is 26.2 Å². The minimum absolute atomic E-state index is 0.0533. The molecule has 6 nitrogen and oxygen atoms in total. The molecule has 1 aromatic rings. The maximum atomic E-state index is 11.8.